The SMILES string of the molecule is COC(=O)c1cc(-c2c(C)noc2C)cc([N+](=O)[O-])c1N.COC(=O)c1cc(Br)cc([N+](=O)[O-])c1N. The molecule has 2 aromatic carbocycles. The van der Waals surface area contributed by atoms with Crippen molar-refractivity contribution in [1.82, 2.24) is 5.16 Å². The van der Waals surface area contributed by atoms with Gasteiger partial charge in [0.15, 0.2) is 0 Å². The van der Waals surface area contributed by atoms with E-state index < -0.39 is 21.8 Å². The number of halogens is 1. The zero-order chi connectivity index (χ0) is 27.3. The molecular weight excluding hydrogens is 546 g/mol. The van der Waals surface area contributed by atoms with Gasteiger partial charge >= 0.3 is 11.9 Å². The summed E-state index contributed by atoms with van der Waals surface area (Å²) in [7, 11) is 2.35. The van der Waals surface area contributed by atoms with Gasteiger partial charge in [0, 0.05) is 22.2 Å². The van der Waals surface area contributed by atoms with Crippen molar-refractivity contribution < 1.29 is 33.4 Å². The number of carbonyl (C=O) groups excluding carboxylic acids is 2. The molecule has 14 nitrogen and oxygen atoms in total. The van der Waals surface area contributed by atoms with Crippen molar-refractivity contribution in [2.75, 3.05) is 25.7 Å². The summed E-state index contributed by atoms with van der Waals surface area (Å²) in [6, 6.07) is 5.31. The van der Waals surface area contributed by atoms with Crippen LogP contribution < -0.4 is 11.5 Å². The monoisotopic (exact) mass is 565 g/mol. The number of hydrogen-bond donors (Lipinski definition) is 2. The minimum absolute atomic E-state index is 0.0291. The molecule has 3 aromatic rings. The number of nitro groups is 2. The van der Waals surface area contributed by atoms with E-state index in [-0.39, 0.29) is 33.9 Å². The van der Waals surface area contributed by atoms with Gasteiger partial charge < -0.3 is 25.5 Å². The number of nitrogens with two attached hydrogens (primary N) is 2. The highest BCUT2D eigenvalue weighted by Crippen LogP contribution is 2.35. The van der Waals surface area contributed by atoms with Crippen molar-refractivity contribution in [1.29, 1.82) is 0 Å². The Morgan fingerprint density at radius 1 is 0.917 bits per heavy atom. The van der Waals surface area contributed by atoms with E-state index in [4.69, 9.17) is 16.0 Å². The number of ether oxygens (including phenoxy) is 2. The zero-order valence-corrected chi connectivity index (χ0v) is 20.9. The third kappa shape index (κ3) is 5.75. The van der Waals surface area contributed by atoms with Crippen LogP contribution in [0, 0.1) is 34.1 Å². The van der Waals surface area contributed by atoms with Crippen molar-refractivity contribution >= 4 is 50.6 Å². The number of methoxy groups -OCH3 is 2. The number of esters is 2. The van der Waals surface area contributed by atoms with Crippen LogP contribution in [-0.2, 0) is 9.47 Å². The second-order valence-corrected chi connectivity index (χ2v) is 7.95. The molecule has 0 aliphatic carbocycles. The minimum atomic E-state index is -0.746. The molecule has 0 saturated heterocycles. The van der Waals surface area contributed by atoms with E-state index in [1.165, 1.54) is 38.5 Å². The number of anilines is 2. The molecule has 0 bridgehead atoms. The molecule has 0 unspecified atom stereocenters. The van der Waals surface area contributed by atoms with Crippen LogP contribution in [0.3, 0.4) is 0 Å². The van der Waals surface area contributed by atoms with E-state index in [1.54, 1.807) is 13.8 Å². The van der Waals surface area contributed by atoms with Gasteiger partial charge in [-0.1, -0.05) is 21.1 Å². The summed E-state index contributed by atoms with van der Waals surface area (Å²) in [4.78, 5) is 43.3. The number of carbonyl (C=O) groups is 2. The Balaban J connectivity index is 0.000000269. The standard InChI is InChI=1S/C13H13N3O5.C8H7BrN2O4/c1-6-11(7(2)21-15-6)8-4-9(13(17)20-3)12(14)10(5-8)16(18)19;1-15-8(12)5-2-4(9)3-6(7(5)10)11(13)14/h4-5H,14H2,1-3H3;2-3H,10H2,1H3. The molecule has 1 aromatic heterocycles. The van der Waals surface area contributed by atoms with Gasteiger partial charge in [-0.3, -0.25) is 20.2 Å². The maximum atomic E-state index is 11.7. The number of hydrogen-bond acceptors (Lipinski definition) is 12. The molecule has 36 heavy (non-hydrogen) atoms. The van der Waals surface area contributed by atoms with Crippen LogP contribution in [0.1, 0.15) is 32.2 Å². The maximum absolute atomic E-state index is 11.7. The molecular formula is C21H20BrN5O9. The molecule has 0 radical (unpaired) electrons. The number of rotatable bonds is 5. The number of aromatic nitrogens is 1. The number of nitro benzene ring substituents is 2. The second-order valence-electron chi connectivity index (χ2n) is 7.04. The minimum Gasteiger partial charge on any atom is -0.465 e. The van der Waals surface area contributed by atoms with Crippen molar-refractivity contribution in [3.8, 4) is 11.1 Å². The predicted molar refractivity (Wildman–Crippen MR) is 130 cm³/mol. The fraction of sp³-hybridized carbons (Fsp3) is 0.190. The van der Waals surface area contributed by atoms with Crippen LogP contribution in [0.25, 0.3) is 11.1 Å². The third-order valence-electron chi connectivity index (χ3n) is 4.81. The molecule has 0 fully saturated rings. The lowest BCUT2D eigenvalue weighted by Crippen LogP contribution is -2.08. The number of nitrogen functional groups attached to an aromatic ring is 2. The summed E-state index contributed by atoms with van der Waals surface area (Å²) in [6.07, 6.45) is 0. The third-order valence-corrected chi connectivity index (χ3v) is 5.27. The molecule has 0 amide bonds. The first-order chi connectivity index (χ1) is 16.8. The highest BCUT2D eigenvalue weighted by Gasteiger charge is 2.25. The molecule has 0 aliphatic rings. The van der Waals surface area contributed by atoms with Crippen molar-refractivity contribution in [3.05, 3.63) is 71.5 Å². The van der Waals surface area contributed by atoms with Gasteiger partial charge in [0.1, 0.15) is 17.1 Å². The van der Waals surface area contributed by atoms with E-state index in [2.05, 4.69) is 30.6 Å². The zero-order valence-electron chi connectivity index (χ0n) is 19.4. The van der Waals surface area contributed by atoms with Gasteiger partial charge in [0.25, 0.3) is 11.4 Å². The van der Waals surface area contributed by atoms with Crippen LogP contribution in [0.4, 0.5) is 22.7 Å². The first-order valence-electron chi connectivity index (χ1n) is 9.75. The lowest BCUT2D eigenvalue weighted by Gasteiger charge is -2.08. The number of nitrogens with zero attached hydrogens (tertiary/aromatic N) is 3. The summed E-state index contributed by atoms with van der Waals surface area (Å²) in [5.74, 6) is -0.969. The smallest absolute Gasteiger partial charge is 0.340 e. The Kier molecular flexibility index (Phi) is 8.67. The molecule has 0 atom stereocenters. The Bertz CT molecular complexity index is 1350. The lowest BCUT2D eigenvalue weighted by atomic mass is 9.99. The largest absolute Gasteiger partial charge is 0.465 e. The van der Waals surface area contributed by atoms with E-state index in [0.717, 1.165) is 0 Å². The molecule has 1 heterocycles. The van der Waals surface area contributed by atoms with Crippen LogP contribution in [-0.4, -0.2) is 41.2 Å². The number of benzene rings is 2. The van der Waals surface area contributed by atoms with Crippen LogP contribution in [0.2, 0.25) is 0 Å². The Labute approximate surface area is 211 Å². The van der Waals surface area contributed by atoms with Crippen LogP contribution in [0.15, 0.2) is 33.3 Å². The molecule has 15 heteroatoms. The summed E-state index contributed by atoms with van der Waals surface area (Å²) in [6.45, 7) is 3.38. The molecule has 0 saturated carbocycles. The predicted octanol–water partition coefficient (Wildman–Crippen LogP) is 3.96. The molecule has 0 aliphatic heterocycles. The average molecular weight is 566 g/mol. The molecule has 190 valence electrons. The van der Waals surface area contributed by atoms with E-state index in [9.17, 15) is 29.8 Å². The lowest BCUT2D eigenvalue weighted by molar-refractivity contribution is -0.384. The average Bonchev–Trinajstić information content (AvgIpc) is 3.17. The van der Waals surface area contributed by atoms with Gasteiger partial charge in [-0.15, -0.1) is 0 Å². The van der Waals surface area contributed by atoms with E-state index >= 15 is 0 Å². The summed E-state index contributed by atoms with van der Waals surface area (Å²) >= 11 is 3.05. The van der Waals surface area contributed by atoms with Gasteiger partial charge in [-0.05, 0) is 31.5 Å². The summed E-state index contributed by atoms with van der Waals surface area (Å²) < 4.78 is 14.5. The van der Waals surface area contributed by atoms with Crippen LogP contribution >= 0.6 is 15.9 Å². The Morgan fingerprint density at radius 3 is 1.81 bits per heavy atom. The molecule has 3 rings (SSSR count). The first kappa shape index (κ1) is 27.7. The van der Waals surface area contributed by atoms with Crippen molar-refractivity contribution in [2.24, 2.45) is 0 Å². The van der Waals surface area contributed by atoms with Crippen molar-refractivity contribution in [3.63, 3.8) is 0 Å². The first-order valence-corrected chi connectivity index (χ1v) is 10.5. The van der Waals surface area contributed by atoms with E-state index in [0.29, 0.717) is 27.1 Å². The van der Waals surface area contributed by atoms with Gasteiger partial charge in [-0.2, -0.15) is 0 Å². The van der Waals surface area contributed by atoms with Gasteiger partial charge in [0.05, 0.1) is 40.9 Å². The Morgan fingerprint density at radius 2 is 1.39 bits per heavy atom. The summed E-state index contributed by atoms with van der Waals surface area (Å²) in [5.41, 5.74) is 11.5. The summed E-state index contributed by atoms with van der Waals surface area (Å²) in [5, 5.41) is 25.5. The fourth-order valence-electron chi connectivity index (χ4n) is 3.14. The maximum Gasteiger partial charge on any atom is 0.340 e. The quantitative estimate of drug-likeness (QED) is 0.194. The fourth-order valence-corrected chi connectivity index (χ4v) is 3.59. The highest BCUT2D eigenvalue weighted by molar-refractivity contribution is 9.10. The van der Waals surface area contributed by atoms with Gasteiger partial charge in [-0.25, -0.2) is 9.59 Å². The molecule has 4 N–H and O–H groups in total. The second kappa shape index (κ2) is 11.3. The highest BCUT2D eigenvalue weighted by atomic mass is 79.9. The van der Waals surface area contributed by atoms with E-state index in [1.807, 2.05) is 0 Å². The Hall–Kier alpha value is -4.53. The number of aryl methyl sites for hydroxylation is 2. The van der Waals surface area contributed by atoms with Crippen LogP contribution in [0.5, 0.6) is 0 Å². The molecule has 0 spiro atoms. The van der Waals surface area contributed by atoms with Gasteiger partial charge in [0.2, 0.25) is 0 Å². The normalized spacial score (nSPS) is 10.1. The topological polar surface area (TPSA) is 217 Å². The van der Waals surface area contributed by atoms with Crippen molar-refractivity contribution in [2.45, 2.75) is 13.8 Å².